The molecule has 1 heterocycles. The zero-order valence-electron chi connectivity index (χ0n) is 15.1. The smallest absolute Gasteiger partial charge is 0.302 e. The highest BCUT2D eigenvalue weighted by molar-refractivity contribution is 5.95. The van der Waals surface area contributed by atoms with Gasteiger partial charge < -0.3 is 14.4 Å². The van der Waals surface area contributed by atoms with E-state index in [0.29, 0.717) is 18.0 Å². The summed E-state index contributed by atoms with van der Waals surface area (Å²) in [6, 6.07) is 13.2. The van der Waals surface area contributed by atoms with Crippen LogP contribution in [0.25, 0.3) is 10.9 Å². The largest absolute Gasteiger partial charge is 0.493 e. The van der Waals surface area contributed by atoms with E-state index in [-0.39, 0.29) is 12.5 Å². The number of hydrogen-bond donors (Lipinski definition) is 1. The number of rotatable bonds is 5. The van der Waals surface area contributed by atoms with Crippen molar-refractivity contribution in [3.05, 3.63) is 53.6 Å². The van der Waals surface area contributed by atoms with Gasteiger partial charge in [-0.25, -0.2) is 0 Å². The van der Waals surface area contributed by atoms with Crippen LogP contribution in [0, 0.1) is 13.8 Å². The molecule has 0 unspecified atom stereocenters. The van der Waals surface area contributed by atoms with Crippen LogP contribution in [-0.4, -0.2) is 22.2 Å². The SMILES string of the molecule is CCn1c(O)c(N=NC(=O)COc2cc(C)cc(C)c2)c2ccccc21. The Morgan fingerprint density at radius 2 is 1.85 bits per heavy atom. The molecule has 0 bridgehead atoms. The van der Waals surface area contributed by atoms with E-state index in [2.05, 4.69) is 10.2 Å². The molecule has 0 fully saturated rings. The number of carbonyl (C=O) groups is 1. The van der Waals surface area contributed by atoms with Crippen molar-refractivity contribution >= 4 is 22.5 Å². The van der Waals surface area contributed by atoms with E-state index >= 15 is 0 Å². The highest BCUT2D eigenvalue weighted by atomic mass is 16.5. The topological polar surface area (TPSA) is 76.2 Å². The van der Waals surface area contributed by atoms with Crippen LogP contribution in [0.3, 0.4) is 0 Å². The minimum atomic E-state index is -0.517. The molecule has 3 aromatic rings. The van der Waals surface area contributed by atoms with Gasteiger partial charge >= 0.3 is 5.91 Å². The fourth-order valence-corrected chi connectivity index (χ4v) is 2.99. The Morgan fingerprint density at radius 1 is 1.15 bits per heavy atom. The van der Waals surface area contributed by atoms with E-state index in [0.717, 1.165) is 22.0 Å². The Kier molecular flexibility index (Phi) is 5.02. The number of aromatic hydroxyl groups is 1. The minimum Gasteiger partial charge on any atom is -0.493 e. The van der Waals surface area contributed by atoms with Gasteiger partial charge in [-0.3, -0.25) is 4.79 Å². The number of aryl methyl sites for hydroxylation is 3. The van der Waals surface area contributed by atoms with Crippen LogP contribution in [0.2, 0.25) is 0 Å². The molecular weight excluding hydrogens is 330 g/mol. The number of aromatic nitrogens is 1. The van der Waals surface area contributed by atoms with E-state index < -0.39 is 5.91 Å². The van der Waals surface area contributed by atoms with Crippen LogP contribution < -0.4 is 4.74 Å². The molecule has 0 aliphatic rings. The molecule has 1 N–H and O–H groups in total. The van der Waals surface area contributed by atoms with Crippen molar-refractivity contribution in [3.8, 4) is 11.6 Å². The maximum Gasteiger partial charge on any atom is 0.302 e. The highest BCUT2D eigenvalue weighted by Gasteiger charge is 2.15. The standard InChI is InChI=1S/C20H21N3O3/c1-4-23-17-8-6-5-7-16(17)19(20(23)25)22-21-18(24)12-26-15-10-13(2)9-14(3)11-15/h5-11,25H,4,12H2,1-3H3. The first-order valence-corrected chi connectivity index (χ1v) is 8.45. The quantitative estimate of drug-likeness (QED) is 0.679. The van der Waals surface area contributed by atoms with Crippen LogP contribution in [0.4, 0.5) is 5.69 Å². The summed E-state index contributed by atoms with van der Waals surface area (Å²) < 4.78 is 7.21. The summed E-state index contributed by atoms with van der Waals surface area (Å²) in [5, 5.41) is 18.8. The molecule has 6 nitrogen and oxygen atoms in total. The molecule has 26 heavy (non-hydrogen) atoms. The summed E-state index contributed by atoms with van der Waals surface area (Å²) in [5.74, 6) is 0.105. The Labute approximate surface area is 151 Å². The van der Waals surface area contributed by atoms with Crippen LogP contribution in [-0.2, 0) is 11.3 Å². The van der Waals surface area contributed by atoms with Gasteiger partial charge in [0.05, 0.1) is 5.52 Å². The van der Waals surface area contributed by atoms with Gasteiger partial charge in [-0.2, -0.15) is 0 Å². The number of hydrogen-bond acceptors (Lipinski definition) is 4. The number of fused-ring (bicyclic) bond motifs is 1. The normalized spacial score (nSPS) is 11.3. The van der Waals surface area contributed by atoms with Crippen LogP contribution >= 0.6 is 0 Å². The first-order chi connectivity index (χ1) is 12.5. The fraction of sp³-hybridized carbons (Fsp3) is 0.250. The van der Waals surface area contributed by atoms with Crippen molar-refractivity contribution < 1.29 is 14.6 Å². The Morgan fingerprint density at radius 3 is 2.54 bits per heavy atom. The highest BCUT2D eigenvalue weighted by Crippen LogP contribution is 2.38. The molecule has 3 rings (SSSR count). The molecule has 0 atom stereocenters. The van der Waals surface area contributed by atoms with Gasteiger partial charge in [-0.15, -0.1) is 10.2 Å². The molecule has 0 spiro atoms. The van der Waals surface area contributed by atoms with Crippen molar-refractivity contribution in [2.45, 2.75) is 27.3 Å². The van der Waals surface area contributed by atoms with E-state index in [1.165, 1.54) is 0 Å². The van der Waals surface area contributed by atoms with Crippen molar-refractivity contribution in [3.63, 3.8) is 0 Å². The summed E-state index contributed by atoms with van der Waals surface area (Å²) in [7, 11) is 0. The summed E-state index contributed by atoms with van der Waals surface area (Å²) in [4.78, 5) is 12.0. The number of amides is 1. The van der Waals surface area contributed by atoms with E-state index in [1.807, 2.05) is 63.2 Å². The lowest BCUT2D eigenvalue weighted by atomic mass is 10.1. The number of para-hydroxylation sites is 1. The average Bonchev–Trinajstić information content (AvgIpc) is 2.88. The molecule has 1 amide bonds. The van der Waals surface area contributed by atoms with Gasteiger partial charge in [0.15, 0.2) is 12.3 Å². The second kappa shape index (κ2) is 7.39. The molecule has 2 aromatic carbocycles. The van der Waals surface area contributed by atoms with Crippen molar-refractivity contribution in [1.82, 2.24) is 4.57 Å². The Balaban J connectivity index is 1.76. The van der Waals surface area contributed by atoms with Crippen LogP contribution in [0.5, 0.6) is 11.6 Å². The third-order valence-corrected chi connectivity index (χ3v) is 4.05. The lowest BCUT2D eigenvalue weighted by Crippen LogP contribution is -2.08. The second-order valence-electron chi connectivity index (χ2n) is 6.14. The molecule has 134 valence electrons. The van der Waals surface area contributed by atoms with Crippen molar-refractivity contribution in [2.24, 2.45) is 10.2 Å². The monoisotopic (exact) mass is 351 g/mol. The van der Waals surface area contributed by atoms with Crippen molar-refractivity contribution in [1.29, 1.82) is 0 Å². The van der Waals surface area contributed by atoms with E-state index in [1.54, 1.807) is 4.57 Å². The molecule has 6 heteroatoms. The number of benzene rings is 2. The number of nitrogens with zero attached hydrogens (tertiary/aromatic N) is 3. The maximum atomic E-state index is 12.0. The predicted molar refractivity (Wildman–Crippen MR) is 100 cm³/mol. The molecule has 0 saturated carbocycles. The van der Waals surface area contributed by atoms with Gasteiger partial charge in [0.25, 0.3) is 0 Å². The molecule has 1 aromatic heterocycles. The van der Waals surface area contributed by atoms with Gasteiger partial charge in [0.2, 0.25) is 5.88 Å². The Bertz CT molecular complexity index is 969. The first-order valence-electron chi connectivity index (χ1n) is 8.45. The molecule has 0 saturated heterocycles. The summed E-state index contributed by atoms with van der Waals surface area (Å²) in [5.41, 5.74) is 3.26. The lowest BCUT2D eigenvalue weighted by molar-refractivity contribution is -0.120. The van der Waals surface area contributed by atoms with Gasteiger partial charge in [-0.1, -0.05) is 24.3 Å². The third-order valence-electron chi connectivity index (χ3n) is 4.05. The summed E-state index contributed by atoms with van der Waals surface area (Å²) in [6.45, 7) is 6.24. The van der Waals surface area contributed by atoms with Crippen LogP contribution in [0.15, 0.2) is 52.7 Å². The van der Waals surface area contributed by atoms with Crippen LogP contribution in [0.1, 0.15) is 18.1 Å². The second-order valence-corrected chi connectivity index (χ2v) is 6.14. The first kappa shape index (κ1) is 17.7. The summed E-state index contributed by atoms with van der Waals surface area (Å²) >= 11 is 0. The zero-order valence-corrected chi connectivity index (χ0v) is 15.1. The molecule has 0 radical (unpaired) electrons. The predicted octanol–water partition coefficient (Wildman–Crippen LogP) is 4.67. The number of azo groups is 1. The van der Waals surface area contributed by atoms with Gasteiger partial charge in [-0.05, 0) is 50.1 Å². The number of ether oxygens (including phenoxy) is 1. The van der Waals surface area contributed by atoms with E-state index in [9.17, 15) is 9.90 Å². The van der Waals surface area contributed by atoms with Crippen molar-refractivity contribution in [2.75, 3.05) is 6.61 Å². The zero-order chi connectivity index (χ0) is 18.7. The third kappa shape index (κ3) is 3.59. The minimum absolute atomic E-state index is 0.000442. The van der Waals surface area contributed by atoms with Gasteiger partial charge in [0, 0.05) is 11.9 Å². The fourth-order valence-electron chi connectivity index (χ4n) is 2.99. The van der Waals surface area contributed by atoms with E-state index in [4.69, 9.17) is 4.74 Å². The molecular formula is C20H21N3O3. The average molecular weight is 351 g/mol. The summed E-state index contributed by atoms with van der Waals surface area (Å²) in [6.07, 6.45) is 0. The Hall–Kier alpha value is -3.15. The molecule has 0 aliphatic carbocycles. The maximum absolute atomic E-state index is 12.0. The lowest BCUT2D eigenvalue weighted by Gasteiger charge is -2.05. The number of carbonyl (C=O) groups excluding carboxylic acids is 1. The molecule has 0 aliphatic heterocycles. The van der Waals surface area contributed by atoms with Gasteiger partial charge in [0.1, 0.15) is 5.75 Å².